The molecule has 94 valence electrons. The summed E-state index contributed by atoms with van der Waals surface area (Å²) in [5, 5.41) is 9.07. The molecule has 0 amide bonds. The minimum atomic E-state index is -0.631. The normalized spacial score (nSPS) is 19.9. The Morgan fingerprint density at radius 3 is 2.19 bits per heavy atom. The molecule has 16 heavy (non-hydrogen) atoms. The maximum atomic E-state index is 11.0. The van der Waals surface area contributed by atoms with Crippen LogP contribution in [0.4, 0.5) is 0 Å². The zero-order chi connectivity index (χ0) is 12.0. The van der Waals surface area contributed by atoms with Crippen LogP contribution in [-0.2, 0) is 4.79 Å². The molecule has 0 radical (unpaired) electrons. The third-order valence-corrected chi connectivity index (χ3v) is 3.89. The first-order chi connectivity index (χ1) is 7.62. The maximum Gasteiger partial charge on any atom is 0.303 e. The second kappa shape index (κ2) is 6.24. The maximum absolute atomic E-state index is 11.0. The summed E-state index contributed by atoms with van der Waals surface area (Å²) >= 11 is 0. The van der Waals surface area contributed by atoms with Gasteiger partial charge in [-0.2, -0.15) is 0 Å². The third kappa shape index (κ3) is 3.78. The van der Waals surface area contributed by atoms with Crippen molar-refractivity contribution >= 4 is 5.97 Å². The lowest BCUT2D eigenvalue weighted by Crippen LogP contribution is -2.40. The molecule has 1 aliphatic rings. The minimum absolute atomic E-state index is 0.0517. The molecule has 0 saturated heterocycles. The quantitative estimate of drug-likeness (QED) is 0.758. The van der Waals surface area contributed by atoms with E-state index in [1.165, 1.54) is 19.3 Å². The van der Waals surface area contributed by atoms with Gasteiger partial charge >= 0.3 is 5.97 Å². The van der Waals surface area contributed by atoms with E-state index in [4.69, 9.17) is 5.11 Å². The van der Waals surface area contributed by atoms with Crippen LogP contribution in [0.5, 0.6) is 0 Å². The van der Waals surface area contributed by atoms with E-state index in [1.54, 1.807) is 0 Å². The van der Waals surface area contributed by atoms with Gasteiger partial charge in [0.05, 0.1) is 6.42 Å². The second-order valence-corrected chi connectivity index (χ2v) is 5.09. The first-order valence-electron chi connectivity index (χ1n) is 6.56. The molecular weight excluding hydrogens is 202 g/mol. The average Bonchev–Trinajstić information content (AvgIpc) is 2.26. The number of carboxylic acid groups (broad SMARTS) is 1. The fraction of sp³-hybridized carbons (Fsp3) is 0.923. The molecular formula is C13H25NO2. The van der Waals surface area contributed by atoms with Crippen LogP contribution < -0.4 is 0 Å². The lowest BCUT2D eigenvalue weighted by Gasteiger charge is -2.39. The van der Waals surface area contributed by atoms with Crippen LogP contribution in [0, 0.1) is 5.41 Å². The van der Waals surface area contributed by atoms with Gasteiger partial charge in [-0.25, -0.2) is 0 Å². The zero-order valence-corrected chi connectivity index (χ0v) is 10.7. The number of hydrogen-bond acceptors (Lipinski definition) is 2. The van der Waals surface area contributed by atoms with Crippen molar-refractivity contribution in [3.8, 4) is 0 Å². The Bertz CT molecular complexity index is 218. The predicted molar refractivity (Wildman–Crippen MR) is 65.6 cm³/mol. The highest BCUT2D eigenvalue weighted by Gasteiger charge is 2.35. The zero-order valence-electron chi connectivity index (χ0n) is 10.7. The van der Waals surface area contributed by atoms with Crippen LogP contribution >= 0.6 is 0 Å². The molecule has 0 heterocycles. The topological polar surface area (TPSA) is 40.5 Å². The molecule has 1 aliphatic carbocycles. The highest BCUT2D eigenvalue weighted by atomic mass is 16.4. The Labute approximate surface area is 98.8 Å². The van der Waals surface area contributed by atoms with Gasteiger partial charge in [0.15, 0.2) is 0 Å². The van der Waals surface area contributed by atoms with E-state index in [0.717, 1.165) is 32.5 Å². The Hall–Kier alpha value is -0.570. The molecule has 1 rings (SSSR count). The van der Waals surface area contributed by atoms with Crippen molar-refractivity contribution in [1.82, 2.24) is 4.90 Å². The van der Waals surface area contributed by atoms with Gasteiger partial charge in [0, 0.05) is 6.54 Å². The SMILES string of the molecule is CCN(CC)CC1(CC(=O)O)CCCCC1. The van der Waals surface area contributed by atoms with Gasteiger partial charge < -0.3 is 10.0 Å². The van der Waals surface area contributed by atoms with Crippen LogP contribution in [0.1, 0.15) is 52.4 Å². The van der Waals surface area contributed by atoms with E-state index < -0.39 is 5.97 Å². The summed E-state index contributed by atoms with van der Waals surface area (Å²) in [7, 11) is 0. The van der Waals surface area contributed by atoms with Crippen molar-refractivity contribution in [3.63, 3.8) is 0 Å². The highest BCUT2D eigenvalue weighted by Crippen LogP contribution is 2.40. The second-order valence-electron chi connectivity index (χ2n) is 5.09. The van der Waals surface area contributed by atoms with Crippen LogP contribution in [0.2, 0.25) is 0 Å². The van der Waals surface area contributed by atoms with Crippen molar-refractivity contribution in [2.45, 2.75) is 52.4 Å². The summed E-state index contributed by atoms with van der Waals surface area (Å²) in [5.74, 6) is -0.631. The van der Waals surface area contributed by atoms with Crippen LogP contribution in [0.15, 0.2) is 0 Å². The molecule has 0 spiro atoms. The average molecular weight is 227 g/mol. The first kappa shape index (κ1) is 13.5. The fourth-order valence-electron chi connectivity index (χ4n) is 2.93. The van der Waals surface area contributed by atoms with Gasteiger partial charge in [-0.3, -0.25) is 4.79 Å². The van der Waals surface area contributed by atoms with Gasteiger partial charge in [0.25, 0.3) is 0 Å². The van der Waals surface area contributed by atoms with Crippen molar-refractivity contribution in [2.24, 2.45) is 5.41 Å². The minimum Gasteiger partial charge on any atom is -0.481 e. The summed E-state index contributed by atoms with van der Waals surface area (Å²) in [4.78, 5) is 13.4. The van der Waals surface area contributed by atoms with Gasteiger partial charge in [0.1, 0.15) is 0 Å². The van der Waals surface area contributed by atoms with Crippen molar-refractivity contribution in [2.75, 3.05) is 19.6 Å². The standard InChI is InChI=1S/C13H25NO2/c1-3-14(4-2)11-13(10-12(15)16)8-6-5-7-9-13/h3-11H2,1-2H3,(H,15,16). The summed E-state index contributed by atoms with van der Waals surface area (Å²) in [6.45, 7) is 7.32. The number of nitrogens with zero attached hydrogens (tertiary/aromatic N) is 1. The highest BCUT2D eigenvalue weighted by molar-refractivity contribution is 5.67. The molecule has 0 aromatic rings. The van der Waals surface area contributed by atoms with Gasteiger partial charge in [-0.1, -0.05) is 33.1 Å². The molecule has 1 saturated carbocycles. The van der Waals surface area contributed by atoms with Crippen LogP contribution in [-0.4, -0.2) is 35.6 Å². The Morgan fingerprint density at radius 1 is 1.19 bits per heavy atom. The predicted octanol–water partition coefficient (Wildman–Crippen LogP) is 2.75. The summed E-state index contributed by atoms with van der Waals surface area (Å²) in [6, 6.07) is 0. The van der Waals surface area contributed by atoms with Crippen molar-refractivity contribution in [3.05, 3.63) is 0 Å². The van der Waals surface area contributed by atoms with E-state index in [1.807, 2.05) is 0 Å². The molecule has 1 fully saturated rings. The van der Waals surface area contributed by atoms with E-state index in [2.05, 4.69) is 18.7 Å². The van der Waals surface area contributed by atoms with Gasteiger partial charge in [0.2, 0.25) is 0 Å². The van der Waals surface area contributed by atoms with E-state index in [0.29, 0.717) is 6.42 Å². The number of rotatable bonds is 6. The summed E-state index contributed by atoms with van der Waals surface area (Å²) in [5.41, 5.74) is 0.0517. The number of carbonyl (C=O) groups is 1. The smallest absolute Gasteiger partial charge is 0.303 e. The molecule has 0 aromatic carbocycles. The summed E-state index contributed by atoms with van der Waals surface area (Å²) < 4.78 is 0. The molecule has 3 heteroatoms. The lowest BCUT2D eigenvalue weighted by atomic mass is 9.71. The summed E-state index contributed by atoms with van der Waals surface area (Å²) in [6.07, 6.45) is 6.22. The van der Waals surface area contributed by atoms with Gasteiger partial charge in [-0.15, -0.1) is 0 Å². The molecule has 0 unspecified atom stereocenters. The monoisotopic (exact) mass is 227 g/mol. The Kier molecular flexibility index (Phi) is 5.26. The number of carboxylic acids is 1. The van der Waals surface area contributed by atoms with Crippen molar-refractivity contribution in [1.29, 1.82) is 0 Å². The lowest BCUT2D eigenvalue weighted by molar-refractivity contribution is -0.140. The van der Waals surface area contributed by atoms with Crippen LogP contribution in [0.25, 0.3) is 0 Å². The van der Waals surface area contributed by atoms with Crippen LogP contribution in [0.3, 0.4) is 0 Å². The molecule has 0 atom stereocenters. The van der Waals surface area contributed by atoms with Gasteiger partial charge in [-0.05, 0) is 31.3 Å². The first-order valence-corrected chi connectivity index (χ1v) is 6.56. The number of hydrogen-bond donors (Lipinski definition) is 1. The number of aliphatic carboxylic acids is 1. The molecule has 0 aromatic heterocycles. The van der Waals surface area contributed by atoms with E-state index >= 15 is 0 Å². The Balaban J connectivity index is 2.65. The fourth-order valence-corrected chi connectivity index (χ4v) is 2.93. The van der Waals surface area contributed by atoms with E-state index in [9.17, 15) is 4.79 Å². The molecule has 1 N–H and O–H groups in total. The third-order valence-electron chi connectivity index (χ3n) is 3.89. The van der Waals surface area contributed by atoms with E-state index in [-0.39, 0.29) is 5.41 Å². The molecule has 3 nitrogen and oxygen atoms in total. The Morgan fingerprint density at radius 2 is 1.75 bits per heavy atom. The van der Waals surface area contributed by atoms with Crippen molar-refractivity contribution < 1.29 is 9.90 Å². The molecule has 0 bridgehead atoms. The largest absolute Gasteiger partial charge is 0.481 e. The molecule has 0 aliphatic heterocycles.